The van der Waals surface area contributed by atoms with Crippen LogP contribution in [0.4, 0.5) is 0 Å². The molecule has 2 aromatic heterocycles. The summed E-state index contributed by atoms with van der Waals surface area (Å²) >= 11 is 0. The number of aromatic nitrogens is 4. The Kier molecular flexibility index (Phi) is 3.78. The smallest absolute Gasteiger partial charge is 0.270 e. The number of fused-ring (bicyclic) bond motifs is 1. The van der Waals surface area contributed by atoms with Gasteiger partial charge in [0.15, 0.2) is 0 Å². The lowest BCUT2D eigenvalue weighted by Crippen LogP contribution is -2.36. The van der Waals surface area contributed by atoms with Gasteiger partial charge >= 0.3 is 0 Å². The molecule has 3 aromatic rings. The Morgan fingerprint density at radius 3 is 3.08 bits per heavy atom. The molecule has 1 amide bonds. The van der Waals surface area contributed by atoms with Gasteiger partial charge in [0, 0.05) is 37.0 Å². The van der Waals surface area contributed by atoms with Crippen LogP contribution in [0.15, 0.2) is 36.7 Å². The van der Waals surface area contributed by atoms with Crippen LogP contribution in [0, 0.1) is 0 Å². The summed E-state index contributed by atoms with van der Waals surface area (Å²) in [5.74, 6) is 0.924. The molecule has 1 saturated heterocycles. The minimum Gasteiger partial charge on any atom is -0.376 e. The number of ether oxygens (including phenoxy) is 1. The van der Waals surface area contributed by atoms with Gasteiger partial charge in [-0.15, -0.1) is 0 Å². The van der Waals surface area contributed by atoms with Crippen molar-refractivity contribution < 1.29 is 9.53 Å². The first-order valence-corrected chi connectivity index (χ1v) is 8.02. The molecule has 3 heterocycles. The van der Waals surface area contributed by atoms with Crippen molar-refractivity contribution >= 4 is 16.8 Å². The summed E-state index contributed by atoms with van der Waals surface area (Å²) in [4.78, 5) is 21.8. The van der Waals surface area contributed by atoms with Gasteiger partial charge in [-0.3, -0.25) is 9.89 Å². The van der Waals surface area contributed by atoms with Gasteiger partial charge in [0.25, 0.3) is 5.91 Å². The number of hydrogen-bond acceptors (Lipinski definition) is 4. The number of hydrogen-bond donors (Lipinski definition) is 2. The maximum absolute atomic E-state index is 12.7. The minimum atomic E-state index is -0.0729. The largest absolute Gasteiger partial charge is 0.376 e. The highest BCUT2D eigenvalue weighted by molar-refractivity contribution is 5.97. The zero-order chi connectivity index (χ0) is 16.5. The number of amides is 1. The van der Waals surface area contributed by atoms with Gasteiger partial charge in [0.1, 0.15) is 17.8 Å². The predicted molar refractivity (Wildman–Crippen MR) is 88.7 cm³/mol. The van der Waals surface area contributed by atoms with E-state index < -0.39 is 0 Å². The van der Waals surface area contributed by atoms with E-state index in [-0.39, 0.29) is 17.9 Å². The molecule has 0 aliphatic carbocycles. The van der Waals surface area contributed by atoms with Gasteiger partial charge in [-0.1, -0.05) is 18.2 Å². The SMILES string of the molecule is CN(C[C@H]1OCC[C@H]1c1ncn[nH]1)C(=O)c1cc2ccccc2[nH]1. The molecule has 2 N–H and O–H groups in total. The summed E-state index contributed by atoms with van der Waals surface area (Å²) in [6, 6.07) is 9.75. The Labute approximate surface area is 139 Å². The summed E-state index contributed by atoms with van der Waals surface area (Å²) < 4.78 is 5.81. The van der Waals surface area contributed by atoms with E-state index in [0.29, 0.717) is 18.8 Å². The average Bonchev–Trinajstić information content (AvgIpc) is 3.33. The summed E-state index contributed by atoms with van der Waals surface area (Å²) in [6.45, 7) is 1.18. The molecule has 1 aliphatic heterocycles. The molecule has 0 unspecified atom stereocenters. The molecule has 4 rings (SSSR count). The Morgan fingerprint density at radius 2 is 2.29 bits per heavy atom. The fourth-order valence-corrected chi connectivity index (χ4v) is 3.28. The molecule has 24 heavy (non-hydrogen) atoms. The number of likely N-dealkylation sites (N-methyl/N-ethyl adjacent to an activating group) is 1. The minimum absolute atomic E-state index is 0.0435. The van der Waals surface area contributed by atoms with Crippen LogP contribution in [0.25, 0.3) is 10.9 Å². The monoisotopic (exact) mass is 325 g/mol. The number of carbonyl (C=O) groups is 1. The van der Waals surface area contributed by atoms with Crippen LogP contribution < -0.4 is 0 Å². The molecular weight excluding hydrogens is 306 g/mol. The van der Waals surface area contributed by atoms with Gasteiger partial charge in [-0.25, -0.2) is 4.98 Å². The van der Waals surface area contributed by atoms with Crippen LogP contribution in [0.1, 0.15) is 28.7 Å². The van der Waals surface area contributed by atoms with E-state index in [1.807, 2.05) is 30.3 Å². The first kappa shape index (κ1) is 14.9. The second-order valence-corrected chi connectivity index (χ2v) is 6.13. The first-order chi connectivity index (χ1) is 11.7. The number of aromatic amines is 2. The third-order valence-corrected chi connectivity index (χ3v) is 4.56. The molecule has 0 bridgehead atoms. The highest BCUT2D eigenvalue weighted by atomic mass is 16.5. The van der Waals surface area contributed by atoms with Crippen molar-refractivity contribution in [2.75, 3.05) is 20.2 Å². The Hall–Kier alpha value is -2.67. The van der Waals surface area contributed by atoms with Crippen LogP contribution in [-0.4, -0.2) is 57.3 Å². The highest BCUT2D eigenvalue weighted by Crippen LogP contribution is 2.29. The molecule has 7 nitrogen and oxygen atoms in total. The van der Waals surface area contributed by atoms with E-state index in [1.54, 1.807) is 11.9 Å². The lowest BCUT2D eigenvalue weighted by Gasteiger charge is -2.23. The Balaban J connectivity index is 1.49. The zero-order valence-corrected chi connectivity index (χ0v) is 13.4. The van der Waals surface area contributed by atoms with Crippen molar-refractivity contribution in [1.82, 2.24) is 25.1 Å². The van der Waals surface area contributed by atoms with Crippen molar-refractivity contribution in [1.29, 1.82) is 0 Å². The molecule has 7 heteroatoms. The normalized spacial score (nSPS) is 20.5. The third kappa shape index (κ3) is 2.67. The average molecular weight is 325 g/mol. The molecular formula is C17H19N5O2. The molecule has 0 radical (unpaired) electrons. The Bertz CT molecular complexity index is 809. The number of carbonyl (C=O) groups excluding carboxylic acids is 1. The highest BCUT2D eigenvalue weighted by Gasteiger charge is 2.33. The van der Waals surface area contributed by atoms with E-state index in [1.165, 1.54) is 6.33 Å². The van der Waals surface area contributed by atoms with E-state index in [4.69, 9.17) is 4.74 Å². The second kappa shape index (κ2) is 6.09. The van der Waals surface area contributed by atoms with Gasteiger partial charge in [0.2, 0.25) is 0 Å². The molecule has 124 valence electrons. The molecule has 0 spiro atoms. The summed E-state index contributed by atoms with van der Waals surface area (Å²) in [5, 5.41) is 7.85. The summed E-state index contributed by atoms with van der Waals surface area (Å²) in [5.41, 5.74) is 1.55. The van der Waals surface area contributed by atoms with Crippen LogP contribution in [0.5, 0.6) is 0 Å². The predicted octanol–water partition coefficient (Wildman–Crippen LogP) is 1.93. The van der Waals surface area contributed by atoms with Crippen molar-refractivity contribution in [2.24, 2.45) is 0 Å². The lowest BCUT2D eigenvalue weighted by molar-refractivity contribution is 0.0547. The van der Waals surface area contributed by atoms with E-state index in [2.05, 4.69) is 20.2 Å². The fraction of sp³-hybridized carbons (Fsp3) is 0.353. The van der Waals surface area contributed by atoms with E-state index >= 15 is 0 Å². The Morgan fingerprint density at radius 1 is 1.42 bits per heavy atom. The zero-order valence-electron chi connectivity index (χ0n) is 13.4. The fourth-order valence-electron chi connectivity index (χ4n) is 3.28. The van der Waals surface area contributed by atoms with E-state index in [0.717, 1.165) is 23.1 Å². The molecule has 1 aromatic carbocycles. The summed E-state index contributed by atoms with van der Waals surface area (Å²) in [6.07, 6.45) is 2.31. The first-order valence-electron chi connectivity index (χ1n) is 8.02. The summed E-state index contributed by atoms with van der Waals surface area (Å²) in [7, 11) is 1.80. The quantitative estimate of drug-likeness (QED) is 0.767. The number of nitrogens with zero attached hydrogens (tertiary/aromatic N) is 3. The maximum atomic E-state index is 12.7. The van der Waals surface area contributed by atoms with Crippen LogP contribution in [0.3, 0.4) is 0 Å². The number of rotatable bonds is 4. The van der Waals surface area contributed by atoms with Crippen LogP contribution >= 0.6 is 0 Å². The van der Waals surface area contributed by atoms with E-state index in [9.17, 15) is 4.79 Å². The number of benzene rings is 1. The number of H-pyrrole nitrogens is 2. The van der Waals surface area contributed by atoms with Crippen molar-refractivity contribution in [3.63, 3.8) is 0 Å². The van der Waals surface area contributed by atoms with Crippen LogP contribution in [-0.2, 0) is 4.74 Å². The van der Waals surface area contributed by atoms with Gasteiger partial charge in [-0.2, -0.15) is 5.10 Å². The molecule has 0 saturated carbocycles. The topological polar surface area (TPSA) is 86.9 Å². The number of nitrogens with one attached hydrogen (secondary N) is 2. The van der Waals surface area contributed by atoms with Crippen molar-refractivity contribution in [3.05, 3.63) is 48.2 Å². The van der Waals surface area contributed by atoms with Gasteiger partial charge in [-0.05, 0) is 18.6 Å². The second-order valence-electron chi connectivity index (χ2n) is 6.13. The third-order valence-electron chi connectivity index (χ3n) is 4.56. The molecule has 1 aliphatic rings. The number of para-hydroxylation sites is 1. The van der Waals surface area contributed by atoms with Gasteiger partial charge < -0.3 is 14.6 Å². The van der Waals surface area contributed by atoms with Crippen molar-refractivity contribution in [3.8, 4) is 0 Å². The van der Waals surface area contributed by atoms with Crippen molar-refractivity contribution in [2.45, 2.75) is 18.4 Å². The lowest BCUT2D eigenvalue weighted by atomic mass is 10.0. The molecule has 2 atom stereocenters. The standard InChI is InChI=1S/C17H19N5O2/c1-22(9-15-12(6-7-24-15)16-18-10-19-21-16)17(23)14-8-11-4-2-3-5-13(11)20-14/h2-5,8,10,12,15,20H,6-7,9H2,1H3,(H,18,19,21)/t12-,15-/m1/s1. The maximum Gasteiger partial charge on any atom is 0.270 e. The molecule has 1 fully saturated rings. The van der Waals surface area contributed by atoms with Gasteiger partial charge in [0.05, 0.1) is 6.10 Å². The van der Waals surface area contributed by atoms with Crippen LogP contribution in [0.2, 0.25) is 0 Å².